The number of aliphatic hydroxyl groups excluding tert-OH is 1. The maximum atomic E-state index is 13.0. The molecule has 3 N–H and O–H groups in total. The number of aliphatic hydroxyl groups is 1. The minimum absolute atomic E-state index is 0.102. The van der Waals surface area contributed by atoms with Crippen LogP contribution in [0.15, 0.2) is 0 Å². The van der Waals surface area contributed by atoms with Crippen molar-refractivity contribution >= 4 is 39.5 Å². The van der Waals surface area contributed by atoms with Crippen LogP contribution < -0.4 is 0 Å². The maximum absolute atomic E-state index is 13.0. The van der Waals surface area contributed by atoms with Crippen LogP contribution in [0.1, 0.15) is 318 Å². The van der Waals surface area contributed by atoms with Gasteiger partial charge in [-0.05, 0) is 43.4 Å². The number of carbonyl (C=O) groups excluding carboxylic acids is 4. The van der Waals surface area contributed by atoms with Gasteiger partial charge in [-0.2, -0.15) is 0 Å². The van der Waals surface area contributed by atoms with E-state index in [2.05, 4.69) is 48.5 Å². The van der Waals surface area contributed by atoms with Crippen LogP contribution in [0.25, 0.3) is 0 Å². The quantitative estimate of drug-likeness (QED) is 0.0222. The summed E-state index contributed by atoms with van der Waals surface area (Å²) >= 11 is 0. The molecule has 0 heterocycles. The van der Waals surface area contributed by atoms with Crippen LogP contribution in [0.5, 0.6) is 0 Å². The van der Waals surface area contributed by atoms with Gasteiger partial charge >= 0.3 is 39.5 Å². The predicted octanol–water partition coefficient (Wildman–Crippen LogP) is 17.9. The lowest BCUT2D eigenvalue weighted by molar-refractivity contribution is -0.161. The summed E-state index contributed by atoms with van der Waals surface area (Å²) < 4.78 is 67.9. The molecule has 0 rings (SSSR count). The second-order valence-corrected chi connectivity index (χ2v) is 27.6. The first-order valence-electron chi connectivity index (χ1n) is 33.9. The van der Waals surface area contributed by atoms with Gasteiger partial charge in [-0.15, -0.1) is 0 Å². The molecule has 84 heavy (non-hydrogen) atoms. The molecule has 19 heteroatoms. The minimum Gasteiger partial charge on any atom is -0.462 e. The van der Waals surface area contributed by atoms with Gasteiger partial charge in [0.2, 0.25) is 0 Å². The molecule has 0 aromatic rings. The third-order valence-electron chi connectivity index (χ3n) is 15.2. The predicted molar refractivity (Wildman–Crippen MR) is 335 cm³/mol. The Balaban J connectivity index is 5.18. The molecule has 0 saturated heterocycles. The zero-order chi connectivity index (χ0) is 62.4. The van der Waals surface area contributed by atoms with Gasteiger partial charge in [-0.3, -0.25) is 37.3 Å². The zero-order valence-corrected chi connectivity index (χ0v) is 56.1. The van der Waals surface area contributed by atoms with E-state index in [1.807, 2.05) is 0 Å². The van der Waals surface area contributed by atoms with E-state index in [0.29, 0.717) is 25.7 Å². The molecule has 0 amide bonds. The monoisotopic (exact) mass is 1240 g/mol. The van der Waals surface area contributed by atoms with Crippen LogP contribution in [0, 0.1) is 17.8 Å². The first kappa shape index (κ1) is 82.1. The van der Waals surface area contributed by atoms with Crippen LogP contribution in [0.4, 0.5) is 0 Å². The van der Waals surface area contributed by atoms with Crippen molar-refractivity contribution in [1.82, 2.24) is 0 Å². The first-order chi connectivity index (χ1) is 40.3. The molecule has 0 spiro atoms. The first-order valence-corrected chi connectivity index (χ1v) is 36.9. The fourth-order valence-corrected chi connectivity index (χ4v) is 11.2. The van der Waals surface area contributed by atoms with Crippen LogP contribution >= 0.6 is 15.6 Å². The standard InChI is InChI=1S/C65H126O17P2/c1-8-10-11-29-39-46-62(67)75-52-60(82-65(70)49-42-35-28-27-32-38-45-58(7)9-2)54-79-83(71,72)77-50-59(66)51-78-84(73,74)80-55-61(53-76-63(68)47-40-33-25-21-18-17-20-24-31-37-44-57(5)6)81-64(69)48-41-34-26-22-16-14-12-13-15-19-23-30-36-43-56(3)4/h56-61,66H,8-55H2,1-7H3,(H,71,72)(H,73,74)/t58?,59-,60+,61+/m0/s1. The van der Waals surface area contributed by atoms with Crippen molar-refractivity contribution in [3.05, 3.63) is 0 Å². The fraction of sp³-hybridized carbons (Fsp3) is 0.938. The SMILES string of the molecule is CCCCCCCC(=O)OC[C@H](COP(=O)(O)OC[C@H](O)COP(=O)(O)OC[C@@H](COC(=O)CCCCCCCCCCCCC(C)C)OC(=O)CCCCCCCCCCCCCCCC(C)C)OC(=O)CCCCCCCCC(C)CC. The smallest absolute Gasteiger partial charge is 0.462 e. The Kier molecular flexibility index (Phi) is 55.0. The molecule has 0 radical (unpaired) electrons. The molecule has 6 atom stereocenters. The van der Waals surface area contributed by atoms with Gasteiger partial charge < -0.3 is 33.8 Å². The number of phosphoric acid groups is 2. The Labute approximate surface area is 511 Å². The highest BCUT2D eigenvalue weighted by Crippen LogP contribution is 2.45. The Hall–Kier alpha value is -1.94. The van der Waals surface area contributed by atoms with E-state index in [1.54, 1.807) is 0 Å². The maximum Gasteiger partial charge on any atom is 0.472 e. The van der Waals surface area contributed by atoms with Crippen molar-refractivity contribution < 1.29 is 80.2 Å². The Morgan fingerprint density at radius 1 is 0.345 bits per heavy atom. The van der Waals surface area contributed by atoms with E-state index in [1.165, 1.54) is 122 Å². The van der Waals surface area contributed by atoms with E-state index >= 15 is 0 Å². The topological polar surface area (TPSA) is 237 Å². The molecule has 0 saturated carbocycles. The molecule has 0 aliphatic rings. The highest BCUT2D eigenvalue weighted by molar-refractivity contribution is 7.47. The third kappa shape index (κ3) is 57.8. The molecule has 0 aliphatic heterocycles. The van der Waals surface area contributed by atoms with Gasteiger partial charge in [-0.25, -0.2) is 9.13 Å². The molecule has 0 aliphatic carbocycles. The third-order valence-corrected chi connectivity index (χ3v) is 17.1. The van der Waals surface area contributed by atoms with Crippen molar-refractivity contribution in [2.24, 2.45) is 17.8 Å². The number of phosphoric ester groups is 2. The second-order valence-electron chi connectivity index (χ2n) is 24.7. The summed E-state index contributed by atoms with van der Waals surface area (Å²) in [6.07, 6.45) is 38.0. The summed E-state index contributed by atoms with van der Waals surface area (Å²) in [7, 11) is -9.88. The molecular weight excluding hydrogens is 1110 g/mol. The summed E-state index contributed by atoms with van der Waals surface area (Å²) in [5, 5.41) is 10.5. The van der Waals surface area contributed by atoms with Crippen molar-refractivity contribution in [3.63, 3.8) is 0 Å². The Morgan fingerprint density at radius 2 is 0.607 bits per heavy atom. The molecule has 0 fully saturated rings. The van der Waals surface area contributed by atoms with Gasteiger partial charge in [-0.1, -0.05) is 267 Å². The van der Waals surface area contributed by atoms with E-state index in [9.17, 15) is 43.2 Å². The minimum atomic E-state index is -4.95. The second kappa shape index (κ2) is 56.3. The van der Waals surface area contributed by atoms with E-state index in [0.717, 1.165) is 114 Å². The summed E-state index contributed by atoms with van der Waals surface area (Å²) in [5.41, 5.74) is 0. The number of hydrogen-bond donors (Lipinski definition) is 3. The van der Waals surface area contributed by atoms with E-state index < -0.39 is 97.5 Å². The van der Waals surface area contributed by atoms with Crippen LogP contribution in [-0.4, -0.2) is 96.7 Å². The van der Waals surface area contributed by atoms with Crippen molar-refractivity contribution in [1.29, 1.82) is 0 Å². The average Bonchev–Trinajstić information content (AvgIpc) is 3.50. The summed E-state index contributed by atoms with van der Waals surface area (Å²) in [4.78, 5) is 72.0. The van der Waals surface area contributed by atoms with Crippen LogP contribution in [0.3, 0.4) is 0 Å². The van der Waals surface area contributed by atoms with E-state index in [4.69, 9.17) is 37.0 Å². The largest absolute Gasteiger partial charge is 0.472 e. The Morgan fingerprint density at radius 3 is 0.905 bits per heavy atom. The van der Waals surface area contributed by atoms with Gasteiger partial charge in [0.15, 0.2) is 12.2 Å². The summed E-state index contributed by atoms with van der Waals surface area (Å²) in [6.45, 7) is 11.7. The number of carbonyl (C=O) groups is 4. The molecule has 3 unspecified atom stereocenters. The summed E-state index contributed by atoms with van der Waals surface area (Å²) in [5.74, 6) is 0.119. The van der Waals surface area contributed by atoms with Crippen molar-refractivity contribution in [2.45, 2.75) is 336 Å². The highest BCUT2D eigenvalue weighted by atomic mass is 31.2. The van der Waals surface area contributed by atoms with Crippen molar-refractivity contribution in [3.8, 4) is 0 Å². The summed E-state index contributed by atoms with van der Waals surface area (Å²) in [6, 6.07) is 0. The van der Waals surface area contributed by atoms with Gasteiger partial charge in [0, 0.05) is 25.7 Å². The Bertz CT molecular complexity index is 1670. The van der Waals surface area contributed by atoms with Gasteiger partial charge in [0.1, 0.15) is 19.3 Å². The molecule has 498 valence electrons. The lowest BCUT2D eigenvalue weighted by atomic mass is 10.00. The molecule has 0 aromatic heterocycles. The lowest BCUT2D eigenvalue weighted by Gasteiger charge is -2.21. The lowest BCUT2D eigenvalue weighted by Crippen LogP contribution is -2.30. The number of rotatable bonds is 63. The number of unbranched alkanes of at least 4 members (excludes halogenated alkanes) is 30. The average molecular weight is 1240 g/mol. The number of hydrogen-bond acceptors (Lipinski definition) is 15. The van der Waals surface area contributed by atoms with Gasteiger partial charge in [0.25, 0.3) is 0 Å². The van der Waals surface area contributed by atoms with Crippen LogP contribution in [-0.2, 0) is 65.4 Å². The van der Waals surface area contributed by atoms with Gasteiger partial charge in [0.05, 0.1) is 26.4 Å². The highest BCUT2D eigenvalue weighted by Gasteiger charge is 2.30. The zero-order valence-electron chi connectivity index (χ0n) is 54.4. The van der Waals surface area contributed by atoms with Crippen LogP contribution in [0.2, 0.25) is 0 Å². The molecular formula is C65H126O17P2. The van der Waals surface area contributed by atoms with E-state index in [-0.39, 0.29) is 25.7 Å². The van der Waals surface area contributed by atoms with Crippen molar-refractivity contribution in [2.75, 3.05) is 39.6 Å². The number of esters is 4. The molecule has 0 aromatic carbocycles. The molecule has 0 bridgehead atoms. The normalized spacial score (nSPS) is 14.7. The number of ether oxygens (including phenoxy) is 4. The fourth-order valence-electron chi connectivity index (χ4n) is 9.62. The molecule has 17 nitrogen and oxygen atoms in total.